The van der Waals surface area contributed by atoms with Crippen LogP contribution >= 0.6 is 11.3 Å². The van der Waals surface area contributed by atoms with Crippen LogP contribution in [0, 0.1) is 6.92 Å². The SMILES string of the molecule is Cc1c(-c2c3sc4ccc(-n5c6ccccc6c6ccccc65)cc4c3cc[n+]2C)[te]c2ccccc12. The number of para-hydroxylation sites is 2. The van der Waals surface area contributed by atoms with Crippen molar-refractivity contribution in [2.75, 3.05) is 0 Å². The van der Waals surface area contributed by atoms with Gasteiger partial charge in [-0.1, -0.05) is 0 Å². The van der Waals surface area contributed by atoms with Crippen LogP contribution in [0.25, 0.3) is 65.7 Å². The zero-order valence-corrected chi connectivity index (χ0v) is 23.7. The zero-order valence-electron chi connectivity index (χ0n) is 20.5. The monoisotopic (exact) mass is 609 g/mol. The molecule has 4 aromatic heterocycles. The predicted octanol–water partition coefficient (Wildman–Crippen LogP) is 8.16. The molecule has 4 heteroatoms. The van der Waals surface area contributed by atoms with Gasteiger partial charge in [0, 0.05) is 0 Å². The molecule has 0 radical (unpaired) electrons. The van der Waals surface area contributed by atoms with E-state index in [9.17, 15) is 0 Å². The fourth-order valence-electron chi connectivity index (χ4n) is 5.87. The molecule has 8 aromatic rings. The molecule has 37 heavy (non-hydrogen) atoms. The minimum absolute atomic E-state index is 0.417. The molecule has 4 heterocycles. The molecular weight excluding hydrogens is 584 g/mol. The van der Waals surface area contributed by atoms with Gasteiger partial charge in [0.05, 0.1) is 0 Å². The van der Waals surface area contributed by atoms with Crippen molar-refractivity contribution >= 4 is 82.5 Å². The number of hydrogen-bond acceptors (Lipinski definition) is 1. The average molecular weight is 607 g/mol. The Morgan fingerprint density at radius 3 is 2.11 bits per heavy atom. The van der Waals surface area contributed by atoms with Crippen LogP contribution in [0.2, 0.25) is 0 Å². The molecule has 0 aliphatic carbocycles. The third-order valence-corrected chi connectivity index (χ3v) is 12.5. The topological polar surface area (TPSA) is 8.81 Å². The van der Waals surface area contributed by atoms with Crippen molar-refractivity contribution in [3.8, 4) is 15.0 Å². The van der Waals surface area contributed by atoms with Crippen LogP contribution in [-0.4, -0.2) is 25.0 Å². The van der Waals surface area contributed by atoms with Gasteiger partial charge in [0.1, 0.15) is 0 Å². The number of nitrogens with zero attached hydrogens (tertiary/aromatic N) is 2. The van der Waals surface area contributed by atoms with E-state index in [1.54, 1.807) is 6.98 Å². The second kappa shape index (κ2) is 8.04. The number of pyridine rings is 1. The molecule has 0 saturated carbocycles. The molecule has 176 valence electrons. The Labute approximate surface area is 228 Å². The molecule has 0 fully saturated rings. The molecule has 0 unspecified atom stereocenters. The molecular formula is C33H23N2STe+. The summed E-state index contributed by atoms with van der Waals surface area (Å²) in [6, 6.07) is 35.8. The summed E-state index contributed by atoms with van der Waals surface area (Å²) in [6.07, 6.45) is 2.26. The van der Waals surface area contributed by atoms with Gasteiger partial charge in [-0.05, 0) is 0 Å². The molecule has 0 amide bonds. The van der Waals surface area contributed by atoms with E-state index in [0.717, 1.165) is 0 Å². The Hall–Kier alpha value is -3.42. The Morgan fingerprint density at radius 1 is 0.703 bits per heavy atom. The third kappa shape index (κ3) is 3.07. The second-order valence-corrected chi connectivity index (χ2v) is 13.8. The Bertz CT molecular complexity index is 2120. The normalized spacial score (nSPS) is 12.1. The summed E-state index contributed by atoms with van der Waals surface area (Å²) in [6.45, 7) is 2.32. The van der Waals surface area contributed by atoms with Crippen LogP contribution in [0.4, 0.5) is 0 Å². The van der Waals surface area contributed by atoms with Crippen LogP contribution in [-0.2, 0) is 7.05 Å². The van der Waals surface area contributed by atoms with Crippen molar-refractivity contribution in [2.45, 2.75) is 6.92 Å². The minimum atomic E-state index is -0.417. The van der Waals surface area contributed by atoms with E-state index >= 15 is 0 Å². The van der Waals surface area contributed by atoms with Crippen LogP contribution in [0.15, 0.2) is 103 Å². The van der Waals surface area contributed by atoms with E-state index in [4.69, 9.17) is 0 Å². The summed E-state index contributed by atoms with van der Waals surface area (Å²) in [7, 11) is 2.21. The molecule has 0 saturated heterocycles. The molecule has 8 rings (SSSR count). The van der Waals surface area contributed by atoms with Crippen LogP contribution < -0.4 is 4.57 Å². The van der Waals surface area contributed by atoms with Crippen LogP contribution in [0.5, 0.6) is 0 Å². The number of benzene rings is 4. The van der Waals surface area contributed by atoms with Crippen molar-refractivity contribution in [1.82, 2.24) is 4.57 Å². The van der Waals surface area contributed by atoms with Crippen molar-refractivity contribution in [3.63, 3.8) is 0 Å². The van der Waals surface area contributed by atoms with Gasteiger partial charge in [-0.25, -0.2) is 0 Å². The van der Waals surface area contributed by atoms with Gasteiger partial charge in [-0.15, -0.1) is 0 Å². The quantitative estimate of drug-likeness (QED) is 0.139. The summed E-state index contributed by atoms with van der Waals surface area (Å²) < 4.78 is 10.7. The number of rotatable bonds is 2. The average Bonchev–Trinajstić information content (AvgIpc) is 3.58. The van der Waals surface area contributed by atoms with E-state index in [0.29, 0.717) is 0 Å². The van der Waals surface area contributed by atoms with E-state index in [2.05, 4.69) is 126 Å². The summed E-state index contributed by atoms with van der Waals surface area (Å²) in [5, 5.41) is 6.76. The molecule has 0 bridgehead atoms. The number of hydrogen-bond donors (Lipinski definition) is 0. The molecule has 0 spiro atoms. The summed E-state index contributed by atoms with van der Waals surface area (Å²) in [4.78, 5) is 0. The molecule has 4 aromatic carbocycles. The van der Waals surface area contributed by atoms with E-state index in [1.807, 2.05) is 11.3 Å². The maximum absolute atomic E-state index is 2.42. The van der Waals surface area contributed by atoms with E-state index in [-0.39, 0.29) is 0 Å². The van der Waals surface area contributed by atoms with Gasteiger partial charge >= 0.3 is 229 Å². The first-order valence-corrected chi connectivity index (χ1v) is 15.7. The summed E-state index contributed by atoms with van der Waals surface area (Å²) in [5.74, 6) is 0. The summed E-state index contributed by atoms with van der Waals surface area (Å²) in [5.41, 5.74) is 6.60. The summed E-state index contributed by atoms with van der Waals surface area (Å²) >= 11 is 1.52. The first-order valence-electron chi connectivity index (χ1n) is 12.5. The number of aryl methyl sites for hydroxylation is 2. The first kappa shape index (κ1) is 21.6. The molecule has 2 nitrogen and oxygen atoms in total. The van der Waals surface area contributed by atoms with Gasteiger partial charge < -0.3 is 0 Å². The Balaban J connectivity index is 1.42. The Kier molecular flexibility index (Phi) is 4.70. The number of aromatic nitrogens is 2. The second-order valence-electron chi connectivity index (χ2n) is 9.72. The van der Waals surface area contributed by atoms with Gasteiger partial charge in [0.2, 0.25) is 0 Å². The number of thiophene rings is 1. The maximum atomic E-state index is 2.42. The molecule has 0 N–H and O–H groups in total. The van der Waals surface area contributed by atoms with E-state index in [1.165, 1.54) is 64.3 Å². The molecule has 0 aliphatic heterocycles. The molecule has 0 aliphatic rings. The van der Waals surface area contributed by atoms with Crippen molar-refractivity contribution in [1.29, 1.82) is 0 Å². The van der Waals surface area contributed by atoms with Crippen molar-refractivity contribution < 1.29 is 4.57 Å². The van der Waals surface area contributed by atoms with Crippen LogP contribution in [0.1, 0.15) is 5.56 Å². The first-order chi connectivity index (χ1) is 18.2. The van der Waals surface area contributed by atoms with Crippen molar-refractivity contribution in [3.05, 3.63) is 109 Å². The van der Waals surface area contributed by atoms with Gasteiger partial charge in [0.25, 0.3) is 0 Å². The van der Waals surface area contributed by atoms with E-state index < -0.39 is 20.4 Å². The van der Waals surface area contributed by atoms with Gasteiger partial charge in [-0.2, -0.15) is 0 Å². The van der Waals surface area contributed by atoms with Crippen LogP contribution in [0.3, 0.4) is 0 Å². The fraction of sp³-hybridized carbons (Fsp3) is 0.0606. The van der Waals surface area contributed by atoms with Crippen molar-refractivity contribution in [2.24, 2.45) is 7.05 Å². The van der Waals surface area contributed by atoms with Gasteiger partial charge in [0.15, 0.2) is 0 Å². The standard InChI is InChI=1S/C33H23N2STe/c1-20-22-9-5-8-14-30(22)37-33(20)31-32-25(17-18-34(31)2)26-19-21(15-16-29(26)36-32)35-27-12-6-3-10-23(27)24-11-4-7-13-28(24)35/h3-19H,1-2H3/q+1. The Morgan fingerprint density at radius 2 is 1.38 bits per heavy atom. The van der Waals surface area contributed by atoms with Gasteiger partial charge in [-0.3, -0.25) is 0 Å². The zero-order chi connectivity index (χ0) is 24.7. The number of fused-ring (bicyclic) bond motifs is 7. The predicted molar refractivity (Wildman–Crippen MR) is 159 cm³/mol. The fourth-order valence-corrected chi connectivity index (χ4v) is 11.1. The molecule has 0 atom stereocenters. The third-order valence-electron chi connectivity index (χ3n) is 7.64.